The van der Waals surface area contributed by atoms with Crippen LogP contribution in [-0.2, 0) is 4.79 Å². The number of carbonyl (C=O) groups is 1. The van der Waals surface area contributed by atoms with Crippen molar-refractivity contribution in [2.45, 2.75) is 26.2 Å². The number of aliphatic carboxylic acids is 1. The molecule has 0 saturated carbocycles. The molecule has 172 valence electrons. The van der Waals surface area contributed by atoms with Crippen LogP contribution in [-0.4, -0.2) is 38.5 Å². The predicted octanol–water partition coefficient (Wildman–Crippen LogP) is 4.69. The molecule has 2 aromatic carbocycles. The summed E-state index contributed by atoms with van der Waals surface area (Å²) < 4.78 is 7.39. The molecule has 0 fully saturated rings. The average Bonchev–Trinajstić information content (AvgIpc) is 2.76. The number of aromatic nitrogens is 2. The smallest absolute Gasteiger partial charge is 0.341 e. The van der Waals surface area contributed by atoms with Crippen LogP contribution in [0.1, 0.15) is 37.6 Å². The molecule has 0 amide bonds. The SMILES string of the molecule is CC[C@@H](C)c1nc2ccc(Br)cc2c(=O)n1N=Cc1cc(Br)cc([N+](=O)[O-])c1OCC(=O)O. The summed E-state index contributed by atoms with van der Waals surface area (Å²) in [6.07, 6.45) is 1.91. The number of nitro benzene ring substituents is 1. The normalized spacial score (nSPS) is 12.2. The second kappa shape index (κ2) is 10.2. The summed E-state index contributed by atoms with van der Waals surface area (Å²) in [6, 6.07) is 7.83. The number of rotatable bonds is 8. The van der Waals surface area contributed by atoms with Crippen LogP contribution >= 0.6 is 31.9 Å². The van der Waals surface area contributed by atoms with Crippen LogP contribution in [0.15, 0.2) is 49.2 Å². The first kappa shape index (κ1) is 24.5. The third-order valence-electron chi connectivity index (χ3n) is 4.80. The molecule has 10 nitrogen and oxygen atoms in total. The molecule has 1 heterocycles. The molecule has 0 saturated heterocycles. The van der Waals surface area contributed by atoms with Crippen LogP contribution in [0.4, 0.5) is 5.69 Å². The molecular weight excluding hydrogens is 564 g/mol. The molecule has 0 aliphatic carbocycles. The van der Waals surface area contributed by atoms with Gasteiger partial charge in [-0.25, -0.2) is 9.78 Å². The first-order valence-electron chi connectivity index (χ1n) is 9.71. The van der Waals surface area contributed by atoms with Gasteiger partial charge in [0.05, 0.1) is 22.0 Å². The molecule has 0 radical (unpaired) electrons. The first-order valence-corrected chi connectivity index (χ1v) is 11.3. The van der Waals surface area contributed by atoms with E-state index in [-0.39, 0.29) is 17.2 Å². The molecule has 0 spiro atoms. The molecule has 33 heavy (non-hydrogen) atoms. The van der Waals surface area contributed by atoms with Crippen molar-refractivity contribution in [3.8, 4) is 5.75 Å². The Morgan fingerprint density at radius 1 is 1.33 bits per heavy atom. The summed E-state index contributed by atoms with van der Waals surface area (Å²) in [7, 11) is 0. The lowest BCUT2D eigenvalue weighted by molar-refractivity contribution is -0.385. The first-order chi connectivity index (χ1) is 15.6. The zero-order valence-electron chi connectivity index (χ0n) is 17.5. The number of carboxylic acids is 1. The summed E-state index contributed by atoms with van der Waals surface area (Å²) in [5.74, 6) is -1.26. The number of halogens is 2. The maximum atomic E-state index is 13.2. The van der Waals surface area contributed by atoms with E-state index in [0.717, 1.165) is 4.68 Å². The largest absolute Gasteiger partial charge is 0.479 e. The number of benzene rings is 2. The summed E-state index contributed by atoms with van der Waals surface area (Å²) in [5.41, 5.74) is -0.213. The van der Waals surface area contributed by atoms with E-state index in [4.69, 9.17) is 9.84 Å². The Kier molecular flexibility index (Phi) is 7.59. The van der Waals surface area contributed by atoms with E-state index in [1.807, 2.05) is 13.8 Å². The fraction of sp³-hybridized carbons (Fsp3) is 0.238. The fourth-order valence-electron chi connectivity index (χ4n) is 3.02. The third kappa shape index (κ3) is 5.45. The highest BCUT2D eigenvalue weighted by molar-refractivity contribution is 9.10. The lowest BCUT2D eigenvalue weighted by Crippen LogP contribution is -2.23. The minimum atomic E-state index is -1.30. The van der Waals surface area contributed by atoms with Crippen LogP contribution < -0.4 is 10.3 Å². The lowest BCUT2D eigenvalue weighted by Gasteiger charge is -2.14. The van der Waals surface area contributed by atoms with Crippen molar-refractivity contribution >= 4 is 60.6 Å². The molecule has 3 rings (SSSR count). The number of carboxylic acid groups (broad SMARTS) is 1. The highest BCUT2D eigenvalue weighted by Crippen LogP contribution is 2.34. The van der Waals surface area contributed by atoms with Crippen molar-refractivity contribution < 1.29 is 19.6 Å². The second-order valence-corrected chi connectivity index (χ2v) is 8.92. The van der Waals surface area contributed by atoms with Gasteiger partial charge in [-0.2, -0.15) is 9.78 Å². The van der Waals surface area contributed by atoms with Crippen LogP contribution in [0, 0.1) is 10.1 Å². The molecule has 1 aromatic heterocycles. The topological polar surface area (TPSA) is 137 Å². The van der Waals surface area contributed by atoms with Gasteiger partial charge in [0.25, 0.3) is 5.56 Å². The molecule has 0 aliphatic heterocycles. The molecular formula is C21H18Br2N4O6. The Morgan fingerprint density at radius 2 is 2.06 bits per heavy atom. The highest BCUT2D eigenvalue weighted by Gasteiger charge is 2.22. The van der Waals surface area contributed by atoms with E-state index in [1.165, 1.54) is 18.3 Å². The maximum absolute atomic E-state index is 13.2. The van der Waals surface area contributed by atoms with E-state index < -0.39 is 28.7 Å². The van der Waals surface area contributed by atoms with Crippen molar-refractivity contribution in [1.82, 2.24) is 9.66 Å². The van der Waals surface area contributed by atoms with Crippen molar-refractivity contribution in [3.63, 3.8) is 0 Å². The molecule has 3 aromatic rings. The van der Waals surface area contributed by atoms with Crippen molar-refractivity contribution in [2.24, 2.45) is 5.10 Å². The molecule has 12 heteroatoms. The number of hydrogen-bond acceptors (Lipinski definition) is 7. The van der Waals surface area contributed by atoms with Gasteiger partial charge >= 0.3 is 11.7 Å². The van der Waals surface area contributed by atoms with E-state index in [9.17, 15) is 19.7 Å². The quantitative estimate of drug-likeness (QED) is 0.231. The van der Waals surface area contributed by atoms with Gasteiger partial charge in [0, 0.05) is 26.5 Å². The van der Waals surface area contributed by atoms with Gasteiger partial charge in [-0.1, -0.05) is 45.7 Å². The summed E-state index contributed by atoms with van der Waals surface area (Å²) in [5, 5.41) is 25.1. The number of nitrogens with zero attached hydrogens (tertiary/aromatic N) is 4. The van der Waals surface area contributed by atoms with E-state index in [2.05, 4.69) is 41.9 Å². The van der Waals surface area contributed by atoms with Crippen LogP contribution in [0.5, 0.6) is 5.75 Å². The minimum Gasteiger partial charge on any atom is -0.479 e. The van der Waals surface area contributed by atoms with Crippen LogP contribution in [0.25, 0.3) is 10.9 Å². The molecule has 0 bridgehead atoms. The standard InChI is InChI=1S/C21H18Br2N4O6/c1-3-11(2)20-25-16-5-4-13(22)7-15(16)21(30)26(20)24-9-12-6-14(23)8-17(27(31)32)19(12)33-10-18(28)29/h4-9,11H,3,10H2,1-2H3,(H,28,29)/t11-/m1/s1. The second-order valence-electron chi connectivity index (χ2n) is 7.09. The number of fused-ring (bicyclic) bond motifs is 1. The van der Waals surface area contributed by atoms with Gasteiger partial charge in [0.2, 0.25) is 5.75 Å². The average molecular weight is 582 g/mol. The monoisotopic (exact) mass is 580 g/mol. The van der Waals surface area contributed by atoms with Crippen LogP contribution in [0.3, 0.4) is 0 Å². The Balaban J connectivity index is 2.23. The van der Waals surface area contributed by atoms with Gasteiger partial charge in [-0.3, -0.25) is 14.9 Å². The summed E-state index contributed by atoms with van der Waals surface area (Å²) in [4.78, 5) is 39.6. The van der Waals surface area contributed by atoms with Gasteiger partial charge in [-0.15, -0.1) is 0 Å². The Hall–Kier alpha value is -3.12. The van der Waals surface area contributed by atoms with Gasteiger partial charge in [0.15, 0.2) is 6.61 Å². The number of ether oxygens (including phenoxy) is 1. The zero-order chi connectivity index (χ0) is 24.3. The highest BCUT2D eigenvalue weighted by atomic mass is 79.9. The van der Waals surface area contributed by atoms with Gasteiger partial charge < -0.3 is 9.84 Å². The lowest BCUT2D eigenvalue weighted by atomic mass is 10.1. The molecule has 0 unspecified atom stereocenters. The van der Waals surface area contributed by atoms with E-state index >= 15 is 0 Å². The van der Waals surface area contributed by atoms with Crippen molar-refractivity contribution in [3.05, 3.63) is 71.1 Å². The van der Waals surface area contributed by atoms with E-state index in [0.29, 0.717) is 32.1 Å². The van der Waals surface area contributed by atoms with Gasteiger partial charge in [-0.05, 0) is 30.7 Å². The van der Waals surface area contributed by atoms with E-state index in [1.54, 1.807) is 18.2 Å². The Bertz CT molecular complexity index is 1340. The number of hydrogen-bond donors (Lipinski definition) is 1. The van der Waals surface area contributed by atoms with Crippen LogP contribution in [0.2, 0.25) is 0 Å². The molecule has 1 atom stereocenters. The third-order valence-corrected chi connectivity index (χ3v) is 5.75. The summed E-state index contributed by atoms with van der Waals surface area (Å²) >= 11 is 6.55. The minimum absolute atomic E-state index is 0.109. The maximum Gasteiger partial charge on any atom is 0.341 e. The number of nitro groups is 1. The van der Waals surface area contributed by atoms with Crippen molar-refractivity contribution in [2.75, 3.05) is 6.61 Å². The molecule has 0 aliphatic rings. The summed E-state index contributed by atoms with van der Waals surface area (Å²) in [6.45, 7) is 3.07. The predicted molar refractivity (Wildman–Crippen MR) is 129 cm³/mol. The Labute approximate surface area is 204 Å². The molecule has 1 N–H and O–H groups in total. The van der Waals surface area contributed by atoms with Gasteiger partial charge in [0.1, 0.15) is 5.82 Å². The zero-order valence-corrected chi connectivity index (χ0v) is 20.7. The fourth-order valence-corrected chi connectivity index (χ4v) is 3.85. The van der Waals surface area contributed by atoms with Crippen molar-refractivity contribution in [1.29, 1.82) is 0 Å². The Morgan fingerprint density at radius 3 is 2.70 bits per heavy atom.